The van der Waals surface area contributed by atoms with Gasteiger partial charge in [0.1, 0.15) is 0 Å². The Bertz CT molecular complexity index is 1270. The zero-order valence-corrected chi connectivity index (χ0v) is 27.8. The summed E-state index contributed by atoms with van der Waals surface area (Å²) in [7, 11) is 4.44. The van der Waals surface area contributed by atoms with Crippen LogP contribution in [-0.4, -0.2) is 47.0 Å². The highest BCUT2D eigenvalue weighted by atomic mass is 15.2. The average molecular weight is 567 g/mol. The number of aromatic nitrogens is 2. The highest BCUT2D eigenvalue weighted by Gasteiger charge is 2.18. The molecule has 4 rings (SSSR count). The molecule has 4 heteroatoms. The topological polar surface area (TPSA) is 38.1 Å². The van der Waals surface area contributed by atoms with Gasteiger partial charge in [-0.25, -0.2) is 0 Å². The molecule has 42 heavy (non-hydrogen) atoms. The molecule has 0 saturated heterocycles. The summed E-state index contributed by atoms with van der Waals surface area (Å²) in [4.78, 5) is 12.4. The summed E-state index contributed by atoms with van der Waals surface area (Å²) in [5.74, 6) is 1.95. The second-order valence-electron chi connectivity index (χ2n) is 13.5. The summed E-state index contributed by atoms with van der Waals surface area (Å²) in [5, 5.41) is 0. The Labute approximate surface area is 255 Å². The van der Waals surface area contributed by atoms with Crippen LogP contribution >= 0.6 is 0 Å². The van der Waals surface area contributed by atoms with E-state index in [1.807, 2.05) is 0 Å². The first-order valence-corrected chi connectivity index (χ1v) is 15.9. The van der Waals surface area contributed by atoms with Crippen LogP contribution in [-0.2, 0) is 13.1 Å². The number of rotatable bonds is 13. The molecule has 4 aromatic rings. The molecule has 0 amide bonds. The van der Waals surface area contributed by atoms with Gasteiger partial charge in [0, 0.05) is 60.1 Å². The summed E-state index contributed by atoms with van der Waals surface area (Å²) in [6.07, 6.45) is 0. The lowest BCUT2D eigenvalue weighted by molar-refractivity contribution is 0.244. The molecule has 0 radical (unpaired) electrons. The molecule has 0 atom stereocenters. The van der Waals surface area contributed by atoms with E-state index < -0.39 is 0 Å². The molecule has 0 aliphatic rings. The third-order valence-corrected chi connectivity index (χ3v) is 8.52. The van der Waals surface area contributed by atoms with Crippen LogP contribution in [0.15, 0.2) is 60.7 Å². The van der Waals surface area contributed by atoms with E-state index in [0.29, 0.717) is 23.7 Å². The maximum absolute atomic E-state index is 3.76. The highest BCUT2D eigenvalue weighted by molar-refractivity contribution is 5.71. The first-order chi connectivity index (χ1) is 20.0. The fraction of sp³-hybridized carbons (Fsp3) is 0.474. The van der Waals surface area contributed by atoms with Gasteiger partial charge in [-0.05, 0) is 84.3 Å². The maximum Gasteiger partial charge on any atom is 0.0462 e. The number of hydrogen-bond donors (Lipinski definition) is 2. The van der Waals surface area contributed by atoms with E-state index in [9.17, 15) is 0 Å². The number of nitrogens with zero attached hydrogens (tertiary/aromatic N) is 2. The van der Waals surface area contributed by atoms with Gasteiger partial charge in [-0.3, -0.25) is 9.80 Å². The second-order valence-corrected chi connectivity index (χ2v) is 13.5. The Hall–Kier alpha value is -3.08. The third-order valence-electron chi connectivity index (χ3n) is 8.52. The lowest BCUT2D eigenvalue weighted by atomic mass is 9.87. The van der Waals surface area contributed by atoms with Crippen molar-refractivity contribution in [2.75, 3.05) is 27.2 Å². The van der Waals surface area contributed by atoms with Crippen molar-refractivity contribution < 1.29 is 0 Å². The minimum Gasteiger partial charge on any atom is -0.357 e. The highest BCUT2D eigenvalue weighted by Crippen LogP contribution is 2.37. The minimum atomic E-state index is 0.488. The first-order valence-electron chi connectivity index (χ1n) is 15.9. The molecular weight excluding hydrogens is 512 g/mol. The molecule has 226 valence electrons. The van der Waals surface area contributed by atoms with Crippen LogP contribution in [0, 0.1) is 0 Å². The van der Waals surface area contributed by atoms with Gasteiger partial charge in [-0.2, -0.15) is 0 Å². The normalized spacial score (nSPS) is 12.3. The van der Waals surface area contributed by atoms with Crippen LogP contribution in [0.4, 0.5) is 0 Å². The number of nitrogens with one attached hydrogen (secondary N) is 2. The smallest absolute Gasteiger partial charge is 0.0462 e. The number of benzene rings is 2. The Morgan fingerprint density at radius 3 is 1.07 bits per heavy atom. The van der Waals surface area contributed by atoms with Crippen LogP contribution in [0.3, 0.4) is 0 Å². The monoisotopic (exact) mass is 566 g/mol. The van der Waals surface area contributed by atoms with Gasteiger partial charge in [0.2, 0.25) is 0 Å². The minimum absolute atomic E-state index is 0.488. The Morgan fingerprint density at radius 1 is 0.476 bits per heavy atom. The van der Waals surface area contributed by atoms with Crippen molar-refractivity contribution in [2.24, 2.45) is 0 Å². The summed E-state index contributed by atoms with van der Waals surface area (Å²) in [6, 6.07) is 22.6. The average Bonchev–Trinajstić information content (AvgIpc) is 3.60. The number of likely N-dealkylation sites (N-methyl/N-ethyl adjacent to an activating group) is 2. The van der Waals surface area contributed by atoms with E-state index in [1.54, 1.807) is 0 Å². The number of hydrogen-bond acceptors (Lipinski definition) is 2. The zero-order chi connectivity index (χ0) is 30.6. The molecule has 2 N–H and O–H groups in total. The van der Waals surface area contributed by atoms with Crippen molar-refractivity contribution in [1.29, 1.82) is 0 Å². The predicted molar refractivity (Wildman–Crippen MR) is 181 cm³/mol. The first kappa shape index (κ1) is 31.8. The van der Waals surface area contributed by atoms with E-state index in [-0.39, 0.29) is 0 Å². The number of H-pyrrole nitrogens is 2. The molecule has 2 aromatic carbocycles. The van der Waals surface area contributed by atoms with Crippen molar-refractivity contribution in [2.45, 2.75) is 92.2 Å². The second kappa shape index (κ2) is 13.9. The van der Waals surface area contributed by atoms with Gasteiger partial charge in [0.15, 0.2) is 0 Å². The molecule has 4 nitrogen and oxygen atoms in total. The van der Waals surface area contributed by atoms with Crippen molar-refractivity contribution >= 4 is 0 Å². The Balaban J connectivity index is 1.38. The molecule has 0 fully saturated rings. The molecule has 0 unspecified atom stereocenters. The fourth-order valence-electron chi connectivity index (χ4n) is 6.16. The summed E-state index contributed by atoms with van der Waals surface area (Å²) in [6.45, 7) is 22.1. The fourth-order valence-corrected chi connectivity index (χ4v) is 6.16. The van der Waals surface area contributed by atoms with E-state index in [2.05, 4.69) is 150 Å². The van der Waals surface area contributed by atoms with Gasteiger partial charge in [0.25, 0.3) is 0 Å². The Morgan fingerprint density at radius 2 is 0.786 bits per heavy atom. The lowest BCUT2D eigenvalue weighted by Crippen LogP contribution is -2.30. The van der Waals surface area contributed by atoms with Gasteiger partial charge in [-0.15, -0.1) is 0 Å². The molecule has 0 saturated carbocycles. The van der Waals surface area contributed by atoms with E-state index in [4.69, 9.17) is 0 Å². The van der Waals surface area contributed by atoms with Gasteiger partial charge in [0.05, 0.1) is 0 Å². The van der Waals surface area contributed by atoms with Gasteiger partial charge in [-0.1, -0.05) is 91.8 Å². The molecular formula is C38H54N4. The molecule has 0 bridgehead atoms. The van der Waals surface area contributed by atoms with E-state index >= 15 is 0 Å². The van der Waals surface area contributed by atoms with Crippen LogP contribution in [0.1, 0.15) is 113 Å². The van der Waals surface area contributed by atoms with Crippen molar-refractivity contribution in [3.8, 4) is 22.5 Å². The van der Waals surface area contributed by atoms with E-state index in [1.165, 1.54) is 56.2 Å². The van der Waals surface area contributed by atoms with Crippen LogP contribution < -0.4 is 0 Å². The molecule has 2 aromatic heterocycles. The van der Waals surface area contributed by atoms with Crippen molar-refractivity contribution in [3.63, 3.8) is 0 Å². The number of aromatic amines is 2. The molecule has 0 spiro atoms. The quantitative estimate of drug-likeness (QED) is 0.169. The molecule has 0 aliphatic carbocycles. The van der Waals surface area contributed by atoms with Crippen LogP contribution in [0.2, 0.25) is 0 Å². The van der Waals surface area contributed by atoms with Crippen LogP contribution in [0.25, 0.3) is 22.5 Å². The summed E-state index contributed by atoms with van der Waals surface area (Å²) < 4.78 is 0. The SMILES string of the molecule is CC(C)c1cccc(C(C)C)c1-c1ccc(CN(C)CCN(C)Cc2ccc(-c3c(C(C)C)cccc3C(C)C)[nH]2)[nH]1. The largest absolute Gasteiger partial charge is 0.357 e. The molecule has 0 aliphatic heterocycles. The summed E-state index contributed by atoms with van der Waals surface area (Å²) in [5.41, 5.74) is 13.5. The van der Waals surface area contributed by atoms with Crippen LogP contribution in [0.5, 0.6) is 0 Å². The Kier molecular flexibility index (Phi) is 10.6. The standard InChI is InChI=1S/C38H54N4/c1-25(2)31-13-11-14-32(26(3)4)37(31)35-19-17-29(39-35)23-41(9)21-22-42(10)24-30-18-20-36(40-30)38-33(27(5)6)15-12-16-34(38)28(7)8/h11-20,25-28,39-40H,21-24H2,1-10H3. The van der Waals surface area contributed by atoms with E-state index in [0.717, 1.165) is 26.2 Å². The third kappa shape index (κ3) is 7.46. The zero-order valence-electron chi connectivity index (χ0n) is 27.8. The maximum atomic E-state index is 3.76. The van der Waals surface area contributed by atoms with Crippen molar-refractivity contribution in [1.82, 2.24) is 19.8 Å². The van der Waals surface area contributed by atoms with Gasteiger partial charge >= 0.3 is 0 Å². The van der Waals surface area contributed by atoms with Crippen molar-refractivity contribution in [3.05, 3.63) is 94.3 Å². The molecule has 2 heterocycles. The van der Waals surface area contributed by atoms with Gasteiger partial charge < -0.3 is 9.97 Å². The summed E-state index contributed by atoms with van der Waals surface area (Å²) >= 11 is 0. The predicted octanol–water partition coefficient (Wildman–Crippen LogP) is 9.73. The lowest BCUT2D eigenvalue weighted by Gasteiger charge is -2.22.